The van der Waals surface area contributed by atoms with Gasteiger partial charge in [0, 0.05) is 34.9 Å². The van der Waals surface area contributed by atoms with Crippen LogP contribution in [0.4, 0.5) is 0 Å². The van der Waals surface area contributed by atoms with Crippen LogP contribution in [-0.4, -0.2) is 24.7 Å². The summed E-state index contributed by atoms with van der Waals surface area (Å²) in [4.78, 5) is 8.43. The lowest BCUT2D eigenvalue weighted by Crippen LogP contribution is -1.99. The van der Waals surface area contributed by atoms with Crippen molar-refractivity contribution in [1.29, 1.82) is 0 Å². The molecule has 0 aliphatic rings. The molecule has 122 valence electrons. The molecule has 3 heterocycles. The Morgan fingerprint density at radius 2 is 1.64 bits per heavy atom. The molecule has 0 fully saturated rings. The van der Waals surface area contributed by atoms with Gasteiger partial charge in [0.25, 0.3) is 0 Å². The largest absolute Gasteiger partial charge is 0.270 e. The van der Waals surface area contributed by atoms with E-state index in [-0.39, 0.29) is 0 Å². The minimum absolute atomic E-state index is 0.682. The Kier molecular flexibility index (Phi) is 4.45. The fourth-order valence-corrected chi connectivity index (χ4v) is 3.29. The second-order valence-electron chi connectivity index (χ2n) is 5.12. The summed E-state index contributed by atoms with van der Waals surface area (Å²) in [5.41, 5.74) is 1.87. The summed E-state index contributed by atoms with van der Waals surface area (Å²) in [7, 11) is 0. The van der Waals surface area contributed by atoms with Gasteiger partial charge >= 0.3 is 0 Å². The molecule has 0 amide bonds. The van der Waals surface area contributed by atoms with Gasteiger partial charge in [-0.1, -0.05) is 17.7 Å². The summed E-state index contributed by atoms with van der Waals surface area (Å²) in [5.74, 6) is 0.739. The summed E-state index contributed by atoms with van der Waals surface area (Å²) < 4.78 is 1.99. The number of hydrogen-bond donors (Lipinski definition) is 0. The molecule has 1 aromatic carbocycles. The Morgan fingerprint density at radius 3 is 2.36 bits per heavy atom. The molecule has 0 saturated carbocycles. The zero-order valence-corrected chi connectivity index (χ0v) is 14.5. The van der Waals surface area contributed by atoms with Crippen molar-refractivity contribution < 1.29 is 0 Å². The van der Waals surface area contributed by atoms with Gasteiger partial charge in [0.05, 0.1) is 0 Å². The number of pyridine rings is 2. The third-order valence-corrected chi connectivity index (χ3v) is 4.64. The van der Waals surface area contributed by atoms with Crippen LogP contribution in [-0.2, 0) is 0 Å². The molecule has 3 aromatic heterocycles. The number of benzene rings is 1. The zero-order valence-electron chi connectivity index (χ0n) is 13.0. The molecule has 0 saturated heterocycles. The van der Waals surface area contributed by atoms with E-state index in [1.807, 2.05) is 59.2 Å². The molecule has 0 bridgehead atoms. The van der Waals surface area contributed by atoms with Gasteiger partial charge in [-0.2, -0.15) is 0 Å². The zero-order chi connectivity index (χ0) is 17.1. The highest BCUT2D eigenvalue weighted by Crippen LogP contribution is 2.31. The number of nitrogens with zero attached hydrogens (tertiary/aromatic N) is 5. The number of aromatic nitrogens is 5. The maximum atomic E-state index is 6.04. The summed E-state index contributed by atoms with van der Waals surface area (Å²) in [6, 6.07) is 17.2. The normalized spacial score (nSPS) is 10.8. The van der Waals surface area contributed by atoms with E-state index in [1.165, 1.54) is 11.8 Å². The molecule has 0 aliphatic heterocycles. The molecule has 7 heteroatoms. The highest BCUT2D eigenvalue weighted by Gasteiger charge is 2.17. The summed E-state index contributed by atoms with van der Waals surface area (Å²) in [5, 5.41) is 11.0. The first-order chi connectivity index (χ1) is 12.3. The molecule has 0 unspecified atom stereocenters. The van der Waals surface area contributed by atoms with E-state index in [1.54, 1.807) is 18.6 Å². The second kappa shape index (κ2) is 7.04. The van der Waals surface area contributed by atoms with E-state index in [2.05, 4.69) is 20.2 Å². The molecule has 25 heavy (non-hydrogen) atoms. The monoisotopic (exact) mass is 365 g/mol. The fraction of sp³-hybridized carbons (Fsp3) is 0. The average molecular weight is 366 g/mol. The van der Waals surface area contributed by atoms with Crippen LogP contribution in [0, 0.1) is 0 Å². The van der Waals surface area contributed by atoms with Gasteiger partial charge in [0.2, 0.25) is 5.16 Å². The van der Waals surface area contributed by atoms with Gasteiger partial charge in [-0.05, 0) is 60.3 Å². The standard InChI is InChI=1S/C18H12ClN5S/c19-14-4-6-15(7-5-14)24-17(13-8-11-20-12-9-13)22-23-18(24)25-16-3-1-2-10-21-16/h1-12H. The van der Waals surface area contributed by atoms with Crippen LogP contribution < -0.4 is 0 Å². The first-order valence-electron chi connectivity index (χ1n) is 7.52. The lowest BCUT2D eigenvalue weighted by atomic mass is 10.2. The lowest BCUT2D eigenvalue weighted by molar-refractivity contribution is 0.883. The molecule has 0 N–H and O–H groups in total. The maximum Gasteiger partial charge on any atom is 0.202 e. The first kappa shape index (κ1) is 15.8. The predicted octanol–water partition coefficient (Wildman–Crippen LogP) is 4.53. The van der Waals surface area contributed by atoms with Gasteiger partial charge in [0.1, 0.15) is 5.03 Å². The fourth-order valence-electron chi connectivity index (χ4n) is 2.35. The van der Waals surface area contributed by atoms with E-state index in [0.29, 0.717) is 5.02 Å². The Morgan fingerprint density at radius 1 is 0.840 bits per heavy atom. The highest BCUT2D eigenvalue weighted by molar-refractivity contribution is 7.99. The Labute approximate surface area is 153 Å². The van der Waals surface area contributed by atoms with Crippen LogP contribution in [0.5, 0.6) is 0 Å². The van der Waals surface area contributed by atoms with Crippen molar-refractivity contribution in [3.63, 3.8) is 0 Å². The van der Waals surface area contributed by atoms with Crippen LogP contribution in [0.25, 0.3) is 17.1 Å². The minimum Gasteiger partial charge on any atom is -0.270 e. The van der Waals surface area contributed by atoms with Crippen LogP contribution in [0.2, 0.25) is 5.02 Å². The Bertz CT molecular complexity index is 972. The minimum atomic E-state index is 0.682. The molecular weight excluding hydrogens is 354 g/mol. The van der Waals surface area contributed by atoms with Crippen LogP contribution in [0.1, 0.15) is 0 Å². The van der Waals surface area contributed by atoms with Crippen molar-refractivity contribution in [1.82, 2.24) is 24.7 Å². The molecule has 0 aliphatic carbocycles. The van der Waals surface area contributed by atoms with E-state index in [9.17, 15) is 0 Å². The Hall–Kier alpha value is -2.70. The molecule has 0 atom stereocenters. The number of rotatable bonds is 4. The van der Waals surface area contributed by atoms with Crippen LogP contribution >= 0.6 is 23.4 Å². The van der Waals surface area contributed by atoms with Crippen molar-refractivity contribution in [2.75, 3.05) is 0 Å². The third-order valence-electron chi connectivity index (χ3n) is 3.49. The number of halogens is 1. The van der Waals surface area contributed by atoms with E-state index in [0.717, 1.165) is 27.3 Å². The van der Waals surface area contributed by atoms with E-state index >= 15 is 0 Å². The van der Waals surface area contributed by atoms with Crippen LogP contribution in [0.15, 0.2) is 83.4 Å². The van der Waals surface area contributed by atoms with Crippen molar-refractivity contribution >= 4 is 23.4 Å². The molecular formula is C18H12ClN5S. The Balaban J connectivity index is 1.84. The molecule has 0 spiro atoms. The summed E-state index contributed by atoms with van der Waals surface area (Å²) >= 11 is 7.49. The molecule has 0 radical (unpaired) electrons. The summed E-state index contributed by atoms with van der Waals surface area (Å²) in [6.07, 6.45) is 5.23. The van der Waals surface area contributed by atoms with Crippen molar-refractivity contribution in [3.05, 3.63) is 78.2 Å². The molecule has 4 aromatic rings. The molecule has 5 nitrogen and oxygen atoms in total. The topological polar surface area (TPSA) is 56.5 Å². The van der Waals surface area contributed by atoms with E-state index in [4.69, 9.17) is 11.6 Å². The maximum absolute atomic E-state index is 6.04. The predicted molar refractivity (Wildman–Crippen MR) is 98.0 cm³/mol. The van der Waals surface area contributed by atoms with Crippen molar-refractivity contribution in [2.24, 2.45) is 0 Å². The van der Waals surface area contributed by atoms with Gasteiger partial charge in [-0.15, -0.1) is 10.2 Å². The smallest absolute Gasteiger partial charge is 0.202 e. The van der Waals surface area contributed by atoms with Gasteiger partial charge in [0.15, 0.2) is 5.82 Å². The quantitative estimate of drug-likeness (QED) is 0.531. The van der Waals surface area contributed by atoms with Gasteiger partial charge in [-0.25, -0.2) is 4.98 Å². The molecule has 4 rings (SSSR count). The van der Waals surface area contributed by atoms with E-state index < -0.39 is 0 Å². The van der Waals surface area contributed by atoms with Crippen molar-refractivity contribution in [3.8, 4) is 17.1 Å². The first-order valence-corrected chi connectivity index (χ1v) is 8.71. The van der Waals surface area contributed by atoms with Gasteiger partial charge < -0.3 is 0 Å². The van der Waals surface area contributed by atoms with Crippen LogP contribution in [0.3, 0.4) is 0 Å². The SMILES string of the molecule is Clc1ccc(-n2c(Sc3ccccn3)nnc2-c2ccncc2)cc1. The average Bonchev–Trinajstić information content (AvgIpc) is 3.07. The third kappa shape index (κ3) is 3.40. The lowest BCUT2D eigenvalue weighted by Gasteiger charge is -2.10. The summed E-state index contributed by atoms with van der Waals surface area (Å²) in [6.45, 7) is 0. The highest BCUT2D eigenvalue weighted by atomic mass is 35.5. The van der Waals surface area contributed by atoms with Gasteiger partial charge in [-0.3, -0.25) is 9.55 Å². The van der Waals surface area contributed by atoms with Crippen molar-refractivity contribution in [2.45, 2.75) is 10.2 Å². The number of hydrogen-bond acceptors (Lipinski definition) is 5. The second-order valence-corrected chi connectivity index (χ2v) is 6.55.